The average molecular weight is 277 g/mol. The molecular weight excluding hydrogens is 260 g/mol. The molecule has 0 aliphatic heterocycles. The zero-order valence-corrected chi connectivity index (χ0v) is 11.3. The molecule has 2 aromatic carbocycles. The van der Waals surface area contributed by atoms with E-state index in [1.54, 1.807) is 13.2 Å². The van der Waals surface area contributed by atoms with Gasteiger partial charge in [0.15, 0.2) is 11.6 Å². The first-order chi connectivity index (χ1) is 9.70. The highest BCUT2D eigenvalue weighted by Gasteiger charge is 2.06. The van der Waals surface area contributed by atoms with Crippen molar-refractivity contribution in [3.8, 4) is 5.75 Å². The molecule has 0 aliphatic rings. The third-order valence-corrected chi connectivity index (χ3v) is 3.10. The first kappa shape index (κ1) is 14.5. The van der Waals surface area contributed by atoms with Crippen LogP contribution in [0.3, 0.4) is 0 Å². The van der Waals surface area contributed by atoms with Gasteiger partial charge in [-0.05, 0) is 36.7 Å². The Labute approximate surface area is 117 Å². The van der Waals surface area contributed by atoms with Crippen LogP contribution in [0.2, 0.25) is 0 Å². The largest absolute Gasteiger partial charge is 0.497 e. The maximum atomic E-state index is 13.4. The monoisotopic (exact) mass is 277 g/mol. The summed E-state index contributed by atoms with van der Waals surface area (Å²) in [5, 5.41) is 3.11. The zero-order chi connectivity index (χ0) is 14.4. The van der Waals surface area contributed by atoms with Crippen LogP contribution in [0.1, 0.15) is 11.1 Å². The van der Waals surface area contributed by atoms with Crippen LogP contribution >= 0.6 is 0 Å². The molecule has 106 valence electrons. The highest BCUT2D eigenvalue weighted by atomic mass is 19.2. The highest BCUT2D eigenvalue weighted by Crippen LogP contribution is 2.12. The molecule has 0 amide bonds. The van der Waals surface area contributed by atoms with Crippen molar-refractivity contribution in [1.29, 1.82) is 0 Å². The van der Waals surface area contributed by atoms with Gasteiger partial charge in [-0.1, -0.05) is 24.3 Å². The van der Waals surface area contributed by atoms with Gasteiger partial charge in [-0.15, -0.1) is 0 Å². The minimum atomic E-state index is -0.806. The van der Waals surface area contributed by atoms with Gasteiger partial charge in [-0.2, -0.15) is 0 Å². The molecule has 2 rings (SSSR count). The molecule has 0 unspecified atom stereocenters. The van der Waals surface area contributed by atoms with E-state index in [0.29, 0.717) is 18.7 Å². The Morgan fingerprint density at radius 3 is 2.50 bits per heavy atom. The van der Waals surface area contributed by atoms with Crippen molar-refractivity contribution in [3.05, 3.63) is 65.2 Å². The van der Waals surface area contributed by atoms with Gasteiger partial charge in [0.2, 0.25) is 0 Å². The summed E-state index contributed by atoms with van der Waals surface area (Å²) in [5.41, 5.74) is 1.51. The Balaban J connectivity index is 1.80. The van der Waals surface area contributed by atoms with Crippen LogP contribution in [0.15, 0.2) is 42.5 Å². The number of halogens is 2. The lowest BCUT2D eigenvalue weighted by atomic mass is 10.1. The first-order valence-corrected chi connectivity index (χ1v) is 6.47. The molecule has 0 saturated carbocycles. The number of ether oxygens (including phenoxy) is 1. The Bertz CT molecular complexity index is 555. The molecular formula is C16H17F2NO. The standard InChI is InChI=1S/C16H17F2NO/c1-20-14-7-5-12(6-8-14)9-10-19-11-13-3-2-4-15(17)16(13)18/h2-8,19H,9-11H2,1H3. The van der Waals surface area contributed by atoms with Gasteiger partial charge >= 0.3 is 0 Å². The lowest BCUT2D eigenvalue weighted by molar-refractivity contribution is 0.414. The predicted octanol–water partition coefficient (Wildman–Crippen LogP) is 3.31. The molecule has 0 aliphatic carbocycles. The Morgan fingerprint density at radius 2 is 1.80 bits per heavy atom. The second-order valence-corrected chi connectivity index (χ2v) is 4.49. The zero-order valence-electron chi connectivity index (χ0n) is 11.3. The van der Waals surface area contributed by atoms with Crippen LogP contribution in [-0.4, -0.2) is 13.7 Å². The molecule has 0 atom stereocenters. The maximum Gasteiger partial charge on any atom is 0.163 e. The number of nitrogens with one attached hydrogen (secondary N) is 1. The molecule has 2 aromatic rings. The quantitative estimate of drug-likeness (QED) is 0.818. The SMILES string of the molecule is COc1ccc(CCNCc2cccc(F)c2F)cc1. The third-order valence-electron chi connectivity index (χ3n) is 3.10. The molecule has 4 heteroatoms. The molecule has 0 bridgehead atoms. The van der Waals surface area contributed by atoms with E-state index in [1.165, 1.54) is 6.07 Å². The number of hydrogen-bond acceptors (Lipinski definition) is 2. The van der Waals surface area contributed by atoms with E-state index in [9.17, 15) is 8.78 Å². The lowest BCUT2D eigenvalue weighted by Crippen LogP contribution is -2.17. The van der Waals surface area contributed by atoms with Crippen molar-refractivity contribution < 1.29 is 13.5 Å². The van der Waals surface area contributed by atoms with E-state index in [2.05, 4.69) is 5.32 Å². The van der Waals surface area contributed by atoms with Crippen molar-refractivity contribution in [3.63, 3.8) is 0 Å². The topological polar surface area (TPSA) is 21.3 Å². The van der Waals surface area contributed by atoms with E-state index in [1.807, 2.05) is 24.3 Å². The molecule has 0 saturated heterocycles. The predicted molar refractivity (Wildman–Crippen MR) is 74.8 cm³/mol. The van der Waals surface area contributed by atoms with Crippen LogP contribution in [0, 0.1) is 11.6 Å². The minimum Gasteiger partial charge on any atom is -0.497 e. The summed E-state index contributed by atoms with van der Waals surface area (Å²) in [6.07, 6.45) is 0.820. The summed E-state index contributed by atoms with van der Waals surface area (Å²) in [5.74, 6) is -0.757. The minimum absolute atomic E-state index is 0.319. The van der Waals surface area contributed by atoms with Gasteiger partial charge in [-0.25, -0.2) is 8.78 Å². The maximum absolute atomic E-state index is 13.4. The summed E-state index contributed by atoms with van der Waals surface area (Å²) in [6.45, 7) is 1.02. The van der Waals surface area contributed by atoms with Gasteiger partial charge < -0.3 is 10.1 Å². The van der Waals surface area contributed by atoms with Crippen LogP contribution in [-0.2, 0) is 13.0 Å². The molecule has 20 heavy (non-hydrogen) atoms. The van der Waals surface area contributed by atoms with Gasteiger partial charge in [0.05, 0.1) is 7.11 Å². The first-order valence-electron chi connectivity index (χ1n) is 6.47. The number of methoxy groups -OCH3 is 1. The summed E-state index contributed by atoms with van der Waals surface area (Å²) in [4.78, 5) is 0. The fourth-order valence-corrected chi connectivity index (χ4v) is 1.93. The van der Waals surface area contributed by atoms with Crippen LogP contribution in [0.25, 0.3) is 0 Å². The van der Waals surface area contributed by atoms with Crippen molar-refractivity contribution in [2.24, 2.45) is 0 Å². The molecule has 0 heterocycles. The summed E-state index contributed by atoms with van der Waals surface area (Å²) >= 11 is 0. The number of benzene rings is 2. The molecule has 0 radical (unpaired) electrons. The molecule has 1 N–H and O–H groups in total. The summed E-state index contributed by atoms with van der Waals surface area (Å²) in [7, 11) is 1.63. The van der Waals surface area contributed by atoms with Gasteiger partial charge in [0.1, 0.15) is 5.75 Å². The van der Waals surface area contributed by atoms with Crippen molar-refractivity contribution in [1.82, 2.24) is 5.32 Å². The van der Waals surface area contributed by atoms with E-state index in [0.717, 1.165) is 23.8 Å². The fraction of sp³-hybridized carbons (Fsp3) is 0.250. The van der Waals surface area contributed by atoms with Gasteiger partial charge in [0.25, 0.3) is 0 Å². The van der Waals surface area contributed by atoms with Crippen LogP contribution < -0.4 is 10.1 Å². The van der Waals surface area contributed by atoms with Crippen molar-refractivity contribution >= 4 is 0 Å². The van der Waals surface area contributed by atoms with E-state index in [4.69, 9.17) is 4.74 Å². The molecule has 0 spiro atoms. The fourth-order valence-electron chi connectivity index (χ4n) is 1.93. The van der Waals surface area contributed by atoms with Gasteiger partial charge in [0, 0.05) is 12.1 Å². The Kier molecular flexibility index (Phi) is 5.07. The lowest BCUT2D eigenvalue weighted by Gasteiger charge is -2.07. The van der Waals surface area contributed by atoms with Crippen molar-refractivity contribution in [2.75, 3.05) is 13.7 Å². The van der Waals surface area contributed by atoms with Gasteiger partial charge in [-0.3, -0.25) is 0 Å². The van der Waals surface area contributed by atoms with Crippen molar-refractivity contribution in [2.45, 2.75) is 13.0 Å². The second kappa shape index (κ2) is 7.01. The van der Waals surface area contributed by atoms with E-state index in [-0.39, 0.29) is 0 Å². The third kappa shape index (κ3) is 3.78. The van der Waals surface area contributed by atoms with E-state index >= 15 is 0 Å². The molecule has 0 fully saturated rings. The Hall–Kier alpha value is -1.94. The molecule has 2 nitrogen and oxygen atoms in total. The second-order valence-electron chi connectivity index (χ2n) is 4.49. The summed E-state index contributed by atoms with van der Waals surface area (Å²) in [6, 6.07) is 12.0. The Morgan fingerprint density at radius 1 is 1.05 bits per heavy atom. The average Bonchev–Trinajstić information content (AvgIpc) is 2.48. The number of rotatable bonds is 6. The molecule has 0 aromatic heterocycles. The van der Waals surface area contributed by atoms with Crippen LogP contribution in [0.5, 0.6) is 5.75 Å². The summed E-state index contributed by atoms with van der Waals surface area (Å²) < 4.78 is 31.5. The van der Waals surface area contributed by atoms with Crippen LogP contribution in [0.4, 0.5) is 8.78 Å². The smallest absolute Gasteiger partial charge is 0.163 e. The van der Waals surface area contributed by atoms with E-state index < -0.39 is 11.6 Å². The highest BCUT2D eigenvalue weighted by molar-refractivity contribution is 5.27. The normalized spacial score (nSPS) is 10.6. The number of hydrogen-bond donors (Lipinski definition) is 1.